The largest absolute Gasteiger partial charge is 0.334 e. The van der Waals surface area contributed by atoms with Crippen molar-refractivity contribution in [2.24, 2.45) is 5.14 Å². The van der Waals surface area contributed by atoms with Crippen LogP contribution in [0.2, 0.25) is 0 Å². The number of aromatic nitrogens is 1. The summed E-state index contributed by atoms with van der Waals surface area (Å²) in [5, 5.41) is 5.16. The summed E-state index contributed by atoms with van der Waals surface area (Å²) < 4.78 is 22.9. The SMILES string of the molecule is NS(=O)(=O)c1ccc2c(c1)CN(C(=O)c1cccnc1)CC2. The number of fused-ring (bicyclic) bond motifs is 1. The number of hydrogen-bond donors (Lipinski definition) is 1. The number of pyridine rings is 1. The van der Waals surface area contributed by atoms with E-state index in [9.17, 15) is 13.2 Å². The maximum absolute atomic E-state index is 12.4. The highest BCUT2D eigenvalue weighted by molar-refractivity contribution is 7.89. The Bertz CT molecular complexity index is 819. The van der Waals surface area contributed by atoms with Crippen LogP contribution in [0.4, 0.5) is 0 Å². The van der Waals surface area contributed by atoms with Crippen molar-refractivity contribution in [3.63, 3.8) is 0 Å². The molecule has 7 heteroatoms. The van der Waals surface area contributed by atoms with Crippen LogP contribution in [0.25, 0.3) is 0 Å². The van der Waals surface area contributed by atoms with E-state index in [2.05, 4.69) is 4.98 Å². The molecular formula is C15H15N3O3S. The first-order valence-corrected chi connectivity index (χ1v) is 8.34. The monoisotopic (exact) mass is 317 g/mol. The average Bonchev–Trinajstić information content (AvgIpc) is 2.53. The Kier molecular flexibility index (Phi) is 3.67. The molecule has 2 aromatic rings. The van der Waals surface area contributed by atoms with Gasteiger partial charge in [0, 0.05) is 25.5 Å². The van der Waals surface area contributed by atoms with Crippen molar-refractivity contribution in [3.05, 3.63) is 59.4 Å². The van der Waals surface area contributed by atoms with Crippen LogP contribution in [0.1, 0.15) is 21.5 Å². The second-order valence-corrected chi connectivity index (χ2v) is 6.76. The van der Waals surface area contributed by atoms with E-state index in [1.165, 1.54) is 12.3 Å². The zero-order chi connectivity index (χ0) is 15.7. The van der Waals surface area contributed by atoms with Gasteiger partial charge in [0.2, 0.25) is 10.0 Å². The lowest BCUT2D eigenvalue weighted by Gasteiger charge is -2.29. The minimum Gasteiger partial charge on any atom is -0.334 e. The lowest BCUT2D eigenvalue weighted by molar-refractivity contribution is 0.0734. The second kappa shape index (κ2) is 5.51. The van der Waals surface area contributed by atoms with Gasteiger partial charge >= 0.3 is 0 Å². The topological polar surface area (TPSA) is 93.4 Å². The summed E-state index contributed by atoms with van der Waals surface area (Å²) in [5.74, 6) is -0.111. The van der Waals surface area contributed by atoms with E-state index >= 15 is 0 Å². The molecule has 0 saturated carbocycles. The fourth-order valence-corrected chi connectivity index (χ4v) is 3.12. The smallest absolute Gasteiger partial charge is 0.255 e. The van der Waals surface area contributed by atoms with Crippen LogP contribution >= 0.6 is 0 Å². The molecule has 1 aromatic heterocycles. The molecule has 0 atom stereocenters. The molecule has 114 valence electrons. The Balaban J connectivity index is 1.88. The number of sulfonamides is 1. The molecule has 0 radical (unpaired) electrons. The van der Waals surface area contributed by atoms with Crippen molar-refractivity contribution < 1.29 is 13.2 Å². The normalized spacial score (nSPS) is 14.5. The number of benzene rings is 1. The first kappa shape index (κ1) is 14.7. The van der Waals surface area contributed by atoms with Crippen LogP contribution in [-0.2, 0) is 23.0 Å². The van der Waals surface area contributed by atoms with Crippen molar-refractivity contribution in [3.8, 4) is 0 Å². The van der Waals surface area contributed by atoms with E-state index in [1.807, 2.05) is 0 Å². The van der Waals surface area contributed by atoms with Gasteiger partial charge < -0.3 is 4.90 Å². The molecule has 0 bridgehead atoms. The fourth-order valence-electron chi connectivity index (χ4n) is 2.56. The summed E-state index contributed by atoms with van der Waals surface area (Å²) in [6, 6.07) is 8.25. The molecule has 2 heterocycles. The molecule has 22 heavy (non-hydrogen) atoms. The molecule has 3 rings (SSSR count). The van der Waals surface area contributed by atoms with E-state index in [4.69, 9.17) is 5.14 Å². The quantitative estimate of drug-likeness (QED) is 0.891. The first-order valence-electron chi connectivity index (χ1n) is 6.79. The van der Waals surface area contributed by atoms with Crippen LogP contribution in [0.5, 0.6) is 0 Å². The van der Waals surface area contributed by atoms with Crippen LogP contribution in [-0.4, -0.2) is 30.8 Å². The lowest BCUT2D eigenvalue weighted by atomic mass is 9.99. The number of carbonyl (C=O) groups is 1. The Morgan fingerprint density at radius 1 is 1.23 bits per heavy atom. The van der Waals surface area contributed by atoms with E-state index in [-0.39, 0.29) is 10.8 Å². The Morgan fingerprint density at radius 3 is 2.73 bits per heavy atom. The van der Waals surface area contributed by atoms with Gasteiger partial charge in [-0.15, -0.1) is 0 Å². The van der Waals surface area contributed by atoms with Gasteiger partial charge in [-0.3, -0.25) is 9.78 Å². The zero-order valence-electron chi connectivity index (χ0n) is 11.8. The number of carbonyl (C=O) groups excluding carboxylic acids is 1. The Labute approximate surface area is 128 Å². The van der Waals surface area contributed by atoms with Crippen molar-refractivity contribution in [1.82, 2.24) is 9.88 Å². The maximum atomic E-state index is 12.4. The van der Waals surface area contributed by atoms with E-state index < -0.39 is 10.0 Å². The van der Waals surface area contributed by atoms with Crippen molar-refractivity contribution in [1.29, 1.82) is 0 Å². The van der Waals surface area contributed by atoms with Crippen molar-refractivity contribution >= 4 is 15.9 Å². The second-order valence-electron chi connectivity index (χ2n) is 5.19. The molecule has 0 unspecified atom stereocenters. The van der Waals surface area contributed by atoms with Crippen molar-refractivity contribution in [2.45, 2.75) is 17.9 Å². The Morgan fingerprint density at radius 2 is 2.05 bits per heavy atom. The number of nitrogens with two attached hydrogens (primary N) is 1. The maximum Gasteiger partial charge on any atom is 0.255 e. The highest BCUT2D eigenvalue weighted by atomic mass is 32.2. The van der Waals surface area contributed by atoms with Gasteiger partial charge in [-0.05, 0) is 41.8 Å². The summed E-state index contributed by atoms with van der Waals surface area (Å²) >= 11 is 0. The molecule has 0 fully saturated rings. The summed E-state index contributed by atoms with van der Waals surface area (Å²) in [4.78, 5) is 18.1. The summed E-state index contributed by atoms with van der Waals surface area (Å²) in [7, 11) is -3.74. The van der Waals surface area contributed by atoms with Crippen molar-refractivity contribution in [2.75, 3.05) is 6.54 Å². The fraction of sp³-hybridized carbons (Fsp3) is 0.200. The predicted molar refractivity (Wildman–Crippen MR) is 80.5 cm³/mol. The molecule has 1 aliphatic heterocycles. The molecule has 0 spiro atoms. The molecular weight excluding hydrogens is 302 g/mol. The molecule has 1 amide bonds. The van der Waals surface area contributed by atoms with Gasteiger partial charge in [-0.1, -0.05) is 6.07 Å². The van der Waals surface area contributed by atoms with Gasteiger partial charge in [0.1, 0.15) is 0 Å². The molecule has 2 N–H and O–H groups in total. The highest BCUT2D eigenvalue weighted by Gasteiger charge is 2.23. The summed E-state index contributed by atoms with van der Waals surface area (Å²) in [5.41, 5.74) is 2.38. The number of hydrogen-bond acceptors (Lipinski definition) is 4. The van der Waals surface area contributed by atoms with E-state index in [0.717, 1.165) is 11.1 Å². The summed E-state index contributed by atoms with van der Waals surface area (Å²) in [6.45, 7) is 0.960. The number of primary sulfonamides is 1. The standard InChI is InChI=1S/C15H15N3O3S/c16-22(20,21)14-4-3-11-5-7-18(10-13(11)8-14)15(19)12-2-1-6-17-9-12/h1-4,6,8-9H,5,7,10H2,(H2,16,20,21). The molecule has 0 aliphatic carbocycles. The zero-order valence-corrected chi connectivity index (χ0v) is 12.6. The minimum atomic E-state index is -3.74. The highest BCUT2D eigenvalue weighted by Crippen LogP contribution is 2.23. The molecule has 1 aliphatic rings. The summed E-state index contributed by atoms with van der Waals surface area (Å²) in [6.07, 6.45) is 3.82. The third-order valence-corrected chi connectivity index (χ3v) is 4.63. The number of nitrogens with zero attached hydrogens (tertiary/aromatic N) is 2. The van der Waals surface area contributed by atoms with Gasteiger partial charge in [-0.2, -0.15) is 0 Å². The number of amides is 1. The third kappa shape index (κ3) is 2.86. The van der Waals surface area contributed by atoms with Gasteiger partial charge in [0.05, 0.1) is 10.5 Å². The van der Waals surface area contributed by atoms with E-state index in [0.29, 0.717) is 25.1 Å². The van der Waals surface area contributed by atoms with Gasteiger partial charge in [-0.25, -0.2) is 13.6 Å². The minimum absolute atomic E-state index is 0.0712. The lowest BCUT2D eigenvalue weighted by Crippen LogP contribution is -2.36. The van der Waals surface area contributed by atoms with E-state index in [1.54, 1.807) is 35.4 Å². The number of rotatable bonds is 2. The van der Waals surface area contributed by atoms with Crippen LogP contribution in [0.3, 0.4) is 0 Å². The van der Waals surface area contributed by atoms with Crippen LogP contribution in [0, 0.1) is 0 Å². The molecule has 0 saturated heterocycles. The van der Waals surface area contributed by atoms with Crippen LogP contribution < -0.4 is 5.14 Å². The first-order chi connectivity index (χ1) is 10.4. The predicted octanol–water partition coefficient (Wildman–Crippen LogP) is 0.928. The van der Waals surface area contributed by atoms with Gasteiger partial charge in [0.25, 0.3) is 5.91 Å². The average molecular weight is 317 g/mol. The third-order valence-electron chi connectivity index (χ3n) is 3.71. The van der Waals surface area contributed by atoms with Crippen LogP contribution in [0.15, 0.2) is 47.6 Å². The Hall–Kier alpha value is -2.25. The molecule has 1 aromatic carbocycles. The molecule has 6 nitrogen and oxygen atoms in total. The van der Waals surface area contributed by atoms with Gasteiger partial charge in [0.15, 0.2) is 0 Å².